The summed E-state index contributed by atoms with van der Waals surface area (Å²) in [4.78, 5) is 30.5. The molecule has 9 heteroatoms. The lowest BCUT2D eigenvalue weighted by Crippen LogP contribution is -2.27. The van der Waals surface area contributed by atoms with Gasteiger partial charge in [-0.3, -0.25) is 9.13 Å². The Morgan fingerprint density at radius 1 is 1.21 bits per heavy atom. The summed E-state index contributed by atoms with van der Waals surface area (Å²) in [7, 11) is -10.7. The average Bonchev–Trinajstić information content (AvgIpc) is 2.34. The molecule has 0 aromatic carbocycles. The van der Waals surface area contributed by atoms with Crippen molar-refractivity contribution in [3.8, 4) is 0 Å². The smallest absolute Gasteiger partial charge is 0.275 e. The molecule has 140 valence electrons. The highest BCUT2D eigenvalue weighted by Gasteiger charge is 2.29. The average molecular weight is 380 g/mol. The van der Waals surface area contributed by atoms with Crippen LogP contribution in [0.5, 0.6) is 0 Å². The lowest BCUT2D eigenvalue weighted by Gasteiger charge is -2.35. The minimum absolute atomic E-state index is 0.251. The standard InChI is InChI=1S/C15H28O7P2/c1-6-15(5,21-24(19,20)22-23(16,17)18)12-8-11-14(4)10-7-9-13(2)3/h6,9,11H,1,7-8,10,12H2,2-5H3,(H,19,20)(H2,16,17,18)/p-2/b14-11+. The third kappa shape index (κ3) is 11.9. The third-order valence-electron chi connectivity index (χ3n) is 3.18. The van der Waals surface area contributed by atoms with Crippen molar-refractivity contribution in [2.24, 2.45) is 0 Å². The van der Waals surface area contributed by atoms with Crippen LogP contribution in [0.4, 0.5) is 0 Å². The van der Waals surface area contributed by atoms with Gasteiger partial charge in [0, 0.05) is 0 Å². The van der Waals surface area contributed by atoms with Crippen LogP contribution < -0.4 is 9.79 Å². The van der Waals surface area contributed by atoms with Gasteiger partial charge in [0.2, 0.25) is 0 Å². The summed E-state index contributed by atoms with van der Waals surface area (Å²) in [5.41, 5.74) is 1.06. The molecule has 0 heterocycles. The van der Waals surface area contributed by atoms with Crippen LogP contribution in [0.2, 0.25) is 0 Å². The lowest BCUT2D eigenvalue weighted by molar-refractivity contribution is -0.245. The Hall–Kier alpha value is -0.520. The van der Waals surface area contributed by atoms with E-state index in [0.29, 0.717) is 6.42 Å². The van der Waals surface area contributed by atoms with Gasteiger partial charge in [0.1, 0.15) is 0 Å². The fourth-order valence-corrected chi connectivity index (χ4v) is 3.70. The molecule has 0 radical (unpaired) electrons. The van der Waals surface area contributed by atoms with Crippen LogP contribution in [0, 0.1) is 0 Å². The molecular formula is C15H26O7P2-2. The Balaban J connectivity index is 4.68. The maximum Gasteiger partial charge on any atom is 0.275 e. The molecule has 3 unspecified atom stereocenters. The van der Waals surface area contributed by atoms with Crippen LogP contribution in [0.15, 0.2) is 36.0 Å². The van der Waals surface area contributed by atoms with Gasteiger partial charge < -0.3 is 19.2 Å². The highest BCUT2D eigenvalue weighted by atomic mass is 31.3. The summed E-state index contributed by atoms with van der Waals surface area (Å²) < 4.78 is 30.4. The monoisotopic (exact) mass is 380 g/mol. The summed E-state index contributed by atoms with van der Waals surface area (Å²) in [6.07, 6.45) is 7.93. The predicted octanol–water partition coefficient (Wildman–Crippen LogP) is 3.37. The van der Waals surface area contributed by atoms with E-state index >= 15 is 0 Å². The van der Waals surface area contributed by atoms with E-state index in [2.05, 4.69) is 17.0 Å². The zero-order valence-corrected chi connectivity index (χ0v) is 16.3. The van der Waals surface area contributed by atoms with Crippen LogP contribution in [0.1, 0.15) is 53.4 Å². The number of phosphoric ester groups is 1. The van der Waals surface area contributed by atoms with E-state index in [-0.39, 0.29) is 6.42 Å². The first-order chi connectivity index (χ1) is 10.8. The van der Waals surface area contributed by atoms with Crippen molar-refractivity contribution in [1.29, 1.82) is 0 Å². The van der Waals surface area contributed by atoms with Crippen molar-refractivity contribution in [3.63, 3.8) is 0 Å². The number of allylic oxidation sites excluding steroid dienone is 4. The quantitative estimate of drug-likeness (QED) is 0.431. The molecule has 0 rings (SSSR count). The van der Waals surface area contributed by atoms with Crippen LogP contribution in [-0.2, 0) is 18.0 Å². The van der Waals surface area contributed by atoms with E-state index in [0.717, 1.165) is 18.4 Å². The van der Waals surface area contributed by atoms with Crippen LogP contribution in [0.3, 0.4) is 0 Å². The molecule has 0 aliphatic carbocycles. The molecule has 0 bridgehead atoms. The second kappa shape index (κ2) is 9.83. The molecule has 24 heavy (non-hydrogen) atoms. The largest absolute Gasteiger partial charge is 0.756 e. The van der Waals surface area contributed by atoms with Crippen molar-refractivity contribution in [1.82, 2.24) is 0 Å². The fourth-order valence-electron chi connectivity index (χ4n) is 1.88. The molecule has 0 amide bonds. The van der Waals surface area contributed by atoms with Gasteiger partial charge in [0.25, 0.3) is 15.6 Å². The first-order valence-corrected chi connectivity index (χ1v) is 10.4. The third-order valence-corrected chi connectivity index (χ3v) is 5.45. The Morgan fingerprint density at radius 3 is 2.25 bits per heavy atom. The van der Waals surface area contributed by atoms with Crippen molar-refractivity contribution in [2.75, 3.05) is 0 Å². The molecule has 0 spiro atoms. The zero-order chi connectivity index (χ0) is 19.0. The summed E-state index contributed by atoms with van der Waals surface area (Å²) in [5, 5.41) is 0. The van der Waals surface area contributed by atoms with Gasteiger partial charge >= 0.3 is 0 Å². The van der Waals surface area contributed by atoms with E-state index in [1.54, 1.807) is 0 Å². The molecule has 1 N–H and O–H groups in total. The van der Waals surface area contributed by atoms with Crippen molar-refractivity contribution < 1.29 is 32.6 Å². The maximum absolute atomic E-state index is 11.5. The molecule has 7 nitrogen and oxygen atoms in total. The SMILES string of the molecule is C=CC(C)(CC/C=C(\C)CCC=C(C)C)OP(=O)([O-])OP(=O)([O-])O. The van der Waals surface area contributed by atoms with Gasteiger partial charge in [-0.1, -0.05) is 29.4 Å². The summed E-state index contributed by atoms with van der Waals surface area (Å²) in [5.74, 6) is 0. The zero-order valence-electron chi connectivity index (χ0n) is 14.6. The number of phosphoric acid groups is 2. The molecule has 0 aliphatic heterocycles. The van der Waals surface area contributed by atoms with Gasteiger partial charge in [-0.25, -0.2) is 4.31 Å². The number of rotatable bonds is 11. The molecule has 3 atom stereocenters. The first kappa shape index (κ1) is 23.5. The van der Waals surface area contributed by atoms with E-state index in [4.69, 9.17) is 9.42 Å². The Kier molecular flexibility index (Phi) is 9.62. The number of hydrogen-bond donors (Lipinski definition) is 1. The van der Waals surface area contributed by atoms with E-state index < -0.39 is 21.2 Å². The molecule has 0 fully saturated rings. The van der Waals surface area contributed by atoms with Gasteiger partial charge in [-0.15, -0.1) is 6.58 Å². The van der Waals surface area contributed by atoms with Crippen molar-refractivity contribution in [3.05, 3.63) is 36.0 Å². The van der Waals surface area contributed by atoms with E-state index in [1.807, 2.05) is 26.8 Å². The second-order valence-electron chi connectivity index (χ2n) is 6.01. The Labute approximate surface area is 143 Å². The van der Waals surface area contributed by atoms with Gasteiger partial charge in [0.05, 0.1) is 5.60 Å². The predicted molar refractivity (Wildman–Crippen MR) is 89.9 cm³/mol. The van der Waals surface area contributed by atoms with Crippen molar-refractivity contribution in [2.45, 2.75) is 59.0 Å². The van der Waals surface area contributed by atoms with E-state index in [9.17, 15) is 18.9 Å². The van der Waals surface area contributed by atoms with Crippen molar-refractivity contribution >= 4 is 15.6 Å². The normalized spacial score (nSPS) is 19.7. The highest BCUT2D eigenvalue weighted by Crippen LogP contribution is 2.55. The summed E-state index contributed by atoms with van der Waals surface area (Å²) in [6.45, 7) is 11.0. The van der Waals surface area contributed by atoms with E-state index in [1.165, 1.54) is 18.6 Å². The minimum Gasteiger partial charge on any atom is -0.756 e. The second-order valence-corrected chi connectivity index (χ2v) is 8.68. The lowest BCUT2D eigenvalue weighted by atomic mass is 9.99. The molecule has 0 aromatic rings. The topological polar surface area (TPSA) is 119 Å². The Bertz CT molecular complexity index is 572. The van der Waals surface area contributed by atoms with Crippen LogP contribution in [-0.4, -0.2) is 10.5 Å². The first-order valence-electron chi connectivity index (χ1n) is 7.48. The number of hydrogen-bond acceptors (Lipinski definition) is 6. The van der Waals surface area contributed by atoms with Gasteiger partial charge in [-0.05, 0) is 53.4 Å². The summed E-state index contributed by atoms with van der Waals surface area (Å²) >= 11 is 0. The highest BCUT2D eigenvalue weighted by molar-refractivity contribution is 7.59. The molecule has 0 saturated carbocycles. The van der Waals surface area contributed by atoms with Crippen LogP contribution >= 0.6 is 15.6 Å². The van der Waals surface area contributed by atoms with Crippen LogP contribution in [0.25, 0.3) is 0 Å². The molecule has 0 saturated heterocycles. The van der Waals surface area contributed by atoms with Gasteiger partial charge in [0.15, 0.2) is 0 Å². The fraction of sp³-hybridized carbons (Fsp3) is 0.600. The molecular weight excluding hydrogens is 354 g/mol. The minimum atomic E-state index is -5.45. The molecule has 0 aliphatic rings. The Morgan fingerprint density at radius 2 is 1.79 bits per heavy atom. The summed E-state index contributed by atoms with van der Waals surface area (Å²) in [6, 6.07) is 0. The maximum atomic E-state index is 11.5. The molecule has 0 aromatic heterocycles. The van der Waals surface area contributed by atoms with Gasteiger partial charge in [-0.2, -0.15) is 0 Å².